The number of nitrogens with zero attached hydrogens (tertiary/aromatic N) is 3. The van der Waals surface area contributed by atoms with Crippen molar-refractivity contribution < 1.29 is 0 Å². The third-order valence-electron chi connectivity index (χ3n) is 7.95. The zero-order valence-electron chi connectivity index (χ0n) is 22.8. The number of hydrogen-bond acceptors (Lipinski definition) is 3. The number of aromatic nitrogens is 3. The van der Waals surface area contributed by atoms with Gasteiger partial charge in [0.05, 0.1) is 22.4 Å². The highest BCUT2D eigenvalue weighted by molar-refractivity contribution is 6.22. The topological polar surface area (TPSA) is 38.7 Å². The molecule has 0 amide bonds. The van der Waals surface area contributed by atoms with Crippen molar-refractivity contribution in [1.29, 1.82) is 0 Å². The summed E-state index contributed by atoms with van der Waals surface area (Å²) in [6, 6.07) is 48.6. The summed E-state index contributed by atoms with van der Waals surface area (Å²) >= 11 is 0. The maximum atomic E-state index is 5.26. The summed E-state index contributed by atoms with van der Waals surface area (Å²) in [6.07, 6.45) is 3.78. The Morgan fingerprint density at radius 1 is 0.357 bits per heavy atom. The summed E-state index contributed by atoms with van der Waals surface area (Å²) in [6.45, 7) is 0. The summed E-state index contributed by atoms with van der Waals surface area (Å²) in [5, 5.41) is 4.78. The van der Waals surface area contributed by atoms with Crippen LogP contribution in [0.4, 0.5) is 0 Å². The molecule has 0 aliphatic heterocycles. The highest BCUT2D eigenvalue weighted by Gasteiger charge is 2.21. The van der Waals surface area contributed by atoms with Crippen LogP contribution in [0.25, 0.3) is 77.3 Å². The predicted octanol–water partition coefficient (Wildman–Crippen LogP) is 10.00. The van der Waals surface area contributed by atoms with Crippen LogP contribution in [0.15, 0.2) is 152 Å². The number of para-hydroxylation sites is 2. The summed E-state index contributed by atoms with van der Waals surface area (Å²) < 4.78 is 0. The largest absolute Gasteiger partial charge is 0.264 e. The van der Waals surface area contributed by atoms with E-state index in [2.05, 4.69) is 108 Å². The number of fused-ring (bicyclic) bond motifs is 3. The van der Waals surface area contributed by atoms with E-state index >= 15 is 0 Å². The molecule has 0 bridgehead atoms. The third-order valence-corrected chi connectivity index (χ3v) is 7.95. The molecule has 6 aromatic carbocycles. The molecular weight excluding hydrogens is 510 g/mol. The van der Waals surface area contributed by atoms with Crippen LogP contribution in [-0.4, -0.2) is 15.0 Å². The molecule has 2 heterocycles. The molecule has 0 radical (unpaired) electrons. The van der Waals surface area contributed by atoms with E-state index in [0.717, 1.165) is 44.7 Å². The van der Waals surface area contributed by atoms with Crippen molar-refractivity contribution in [1.82, 2.24) is 15.0 Å². The van der Waals surface area contributed by atoms with Gasteiger partial charge in [-0.15, -0.1) is 0 Å². The normalized spacial score (nSPS) is 11.3. The zero-order valence-corrected chi connectivity index (χ0v) is 22.8. The van der Waals surface area contributed by atoms with Crippen molar-refractivity contribution in [2.24, 2.45) is 0 Å². The third kappa shape index (κ3) is 3.94. The van der Waals surface area contributed by atoms with E-state index in [9.17, 15) is 0 Å². The first-order chi connectivity index (χ1) is 20.9. The van der Waals surface area contributed by atoms with E-state index in [1.807, 2.05) is 48.8 Å². The van der Waals surface area contributed by atoms with Gasteiger partial charge in [0.2, 0.25) is 0 Å². The Hall–Kier alpha value is -5.67. The van der Waals surface area contributed by atoms with Crippen molar-refractivity contribution in [2.75, 3.05) is 0 Å². The zero-order chi connectivity index (χ0) is 27.9. The first-order valence-electron chi connectivity index (χ1n) is 14.1. The van der Waals surface area contributed by atoms with E-state index in [1.165, 1.54) is 32.7 Å². The summed E-state index contributed by atoms with van der Waals surface area (Å²) in [7, 11) is 0. The molecule has 3 nitrogen and oxygen atoms in total. The highest BCUT2D eigenvalue weighted by Crippen LogP contribution is 2.46. The Labute approximate surface area is 243 Å². The first-order valence-corrected chi connectivity index (χ1v) is 14.1. The molecule has 42 heavy (non-hydrogen) atoms. The second kappa shape index (κ2) is 10.1. The van der Waals surface area contributed by atoms with Gasteiger partial charge < -0.3 is 0 Å². The maximum absolute atomic E-state index is 5.26. The SMILES string of the molecule is c1ccc(-c2nc3ccccc3nc2-c2ccccc2-c2c3ccccc3c(-c3cccnc3)c3ccccc23)cc1. The fourth-order valence-corrected chi connectivity index (χ4v) is 6.13. The van der Waals surface area contributed by atoms with Crippen molar-refractivity contribution in [3.8, 4) is 44.8 Å². The van der Waals surface area contributed by atoms with Crippen LogP contribution in [0, 0.1) is 0 Å². The van der Waals surface area contributed by atoms with Crippen LogP contribution in [-0.2, 0) is 0 Å². The van der Waals surface area contributed by atoms with Gasteiger partial charge >= 0.3 is 0 Å². The van der Waals surface area contributed by atoms with Gasteiger partial charge in [0.25, 0.3) is 0 Å². The van der Waals surface area contributed by atoms with Gasteiger partial charge in [-0.2, -0.15) is 0 Å². The van der Waals surface area contributed by atoms with Gasteiger partial charge in [-0.05, 0) is 56.4 Å². The molecule has 8 aromatic rings. The lowest BCUT2D eigenvalue weighted by Gasteiger charge is -2.20. The van der Waals surface area contributed by atoms with Gasteiger partial charge in [0.15, 0.2) is 0 Å². The van der Waals surface area contributed by atoms with Crippen molar-refractivity contribution in [3.05, 3.63) is 152 Å². The van der Waals surface area contributed by atoms with Crippen LogP contribution >= 0.6 is 0 Å². The Bertz CT molecular complexity index is 2180. The number of pyridine rings is 1. The standard InChI is InChI=1S/C39H25N3/c1-2-13-26(14-3-1)38-39(42-35-23-11-10-22-34(35)41-38)33-21-9-8-20-32(33)37-30-18-6-4-16-28(30)36(27-15-12-24-40-25-27)29-17-5-7-19-31(29)37/h1-25H. The molecular formula is C39H25N3. The fourth-order valence-electron chi connectivity index (χ4n) is 6.13. The van der Waals surface area contributed by atoms with Gasteiger partial charge in [-0.25, -0.2) is 9.97 Å². The number of hydrogen-bond donors (Lipinski definition) is 0. The van der Waals surface area contributed by atoms with Gasteiger partial charge in [-0.1, -0.05) is 121 Å². The van der Waals surface area contributed by atoms with Crippen molar-refractivity contribution >= 4 is 32.6 Å². The summed E-state index contributed by atoms with van der Waals surface area (Å²) in [4.78, 5) is 14.9. The predicted molar refractivity (Wildman–Crippen MR) is 174 cm³/mol. The lowest BCUT2D eigenvalue weighted by Crippen LogP contribution is -1.98. The lowest BCUT2D eigenvalue weighted by molar-refractivity contribution is 1.29. The molecule has 0 aliphatic rings. The van der Waals surface area contributed by atoms with E-state index in [0.29, 0.717) is 0 Å². The minimum Gasteiger partial charge on any atom is -0.264 e. The first kappa shape index (κ1) is 24.2. The van der Waals surface area contributed by atoms with Crippen LogP contribution in [0.5, 0.6) is 0 Å². The molecule has 0 atom stereocenters. The summed E-state index contributed by atoms with van der Waals surface area (Å²) in [5.41, 5.74) is 10.2. The molecule has 0 saturated heterocycles. The molecule has 0 unspecified atom stereocenters. The smallest absolute Gasteiger partial charge is 0.0979 e. The number of rotatable bonds is 4. The Morgan fingerprint density at radius 2 is 0.857 bits per heavy atom. The lowest BCUT2D eigenvalue weighted by atomic mass is 9.84. The monoisotopic (exact) mass is 535 g/mol. The van der Waals surface area contributed by atoms with E-state index in [1.54, 1.807) is 0 Å². The Morgan fingerprint density at radius 3 is 1.48 bits per heavy atom. The van der Waals surface area contributed by atoms with Crippen LogP contribution in [0.1, 0.15) is 0 Å². The van der Waals surface area contributed by atoms with E-state index < -0.39 is 0 Å². The molecule has 8 rings (SSSR count). The highest BCUT2D eigenvalue weighted by atomic mass is 14.8. The van der Waals surface area contributed by atoms with Crippen LogP contribution in [0.2, 0.25) is 0 Å². The Balaban J connectivity index is 1.49. The summed E-state index contributed by atoms with van der Waals surface area (Å²) in [5.74, 6) is 0. The van der Waals surface area contributed by atoms with Gasteiger partial charge in [0, 0.05) is 29.1 Å². The van der Waals surface area contributed by atoms with Gasteiger partial charge in [0.1, 0.15) is 0 Å². The minimum absolute atomic E-state index is 0.875. The molecule has 0 spiro atoms. The molecule has 3 heteroatoms. The molecule has 0 fully saturated rings. The van der Waals surface area contributed by atoms with Gasteiger partial charge in [-0.3, -0.25) is 4.98 Å². The average Bonchev–Trinajstić information content (AvgIpc) is 3.07. The van der Waals surface area contributed by atoms with Crippen LogP contribution in [0.3, 0.4) is 0 Å². The minimum atomic E-state index is 0.875. The maximum Gasteiger partial charge on any atom is 0.0979 e. The number of benzene rings is 6. The van der Waals surface area contributed by atoms with Crippen LogP contribution < -0.4 is 0 Å². The second-order valence-corrected chi connectivity index (χ2v) is 10.4. The molecule has 0 saturated carbocycles. The Kier molecular flexibility index (Phi) is 5.79. The molecule has 0 N–H and O–H groups in total. The van der Waals surface area contributed by atoms with E-state index in [-0.39, 0.29) is 0 Å². The second-order valence-electron chi connectivity index (χ2n) is 10.4. The van der Waals surface area contributed by atoms with E-state index in [4.69, 9.17) is 9.97 Å². The van der Waals surface area contributed by atoms with Crippen molar-refractivity contribution in [3.63, 3.8) is 0 Å². The molecule has 0 aliphatic carbocycles. The average molecular weight is 536 g/mol. The van der Waals surface area contributed by atoms with Crippen molar-refractivity contribution in [2.45, 2.75) is 0 Å². The molecule has 196 valence electrons. The fraction of sp³-hybridized carbons (Fsp3) is 0. The quantitative estimate of drug-likeness (QED) is 0.211. The molecule has 2 aromatic heterocycles.